The van der Waals surface area contributed by atoms with Crippen LogP contribution in [0.5, 0.6) is 0 Å². The van der Waals surface area contributed by atoms with Gasteiger partial charge in [0.05, 0.1) is 47.1 Å². The number of carbonyl (C=O) groups is 2. The van der Waals surface area contributed by atoms with Gasteiger partial charge in [0.1, 0.15) is 11.8 Å². The normalized spacial score (nSPS) is 14.0. The van der Waals surface area contributed by atoms with E-state index >= 15 is 0 Å². The minimum atomic E-state index is -0.676. The second-order valence-corrected chi connectivity index (χ2v) is 5.60. The van der Waals surface area contributed by atoms with E-state index in [1.807, 2.05) is 6.07 Å². The van der Waals surface area contributed by atoms with Gasteiger partial charge in [-0.1, -0.05) is 23.2 Å². The molecule has 0 saturated heterocycles. The van der Waals surface area contributed by atoms with Gasteiger partial charge in [0.15, 0.2) is 0 Å². The average molecular weight is 370 g/mol. The predicted molar refractivity (Wildman–Crippen MR) is 87.5 cm³/mol. The van der Waals surface area contributed by atoms with Crippen LogP contribution in [0, 0.1) is 11.3 Å². The van der Waals surface area contributed by atoms with E-state index in [1.54, 1.807) is 0 Å². The van der Waals surface area contributed by atoms with Gasteiger partial charge in [-0.15, -0.1) is 0 Å². The molecule has 0 bridgehead atoms. The Morgan fingerprint density at radius 3 is 2.79 bits per heavy atom. The van der Waals surface area contributed by atoms with Crippen LogP contribution in [0.4, 0.5) is 5.69 Å². The van der Waals surface area contributed by atoms with Crippen molar-refractivity contribution in [2.24, 2.45) is 0 Å². The number of β-amino-alcohol motifs (C(OH)–C–C–N with tert-alkyl or cyclic N) is 1. The quantitative estimate of drug-likeness (QED) is 0.763. The minimum absolute atomic E-state index is 0.00237. The van der Waals surface area contributed by atoms with Crippen molar-refractivity contribution in [3.05, 3.63) is 39.0 Å². The molecule has 1 aliphatic rings. The Morgan fingerprint density at radius 2 is 2.21 bits per heavy atom. The summed E-state index contributed by atoms with van der Waals surface area (Å²) in [7, 11) is 1.20. The average Bonchev–Trinajstić information content (AvgIpc) is 2.87. The molecule has 2 N–H and O–H groups in total. The molecular weight excluding hydrogens is 357 g/mol. The number of esters is 1. The molecule has 1 amide bonds. The number of hydrogen-bond donors (Lipinski definition) is 2. The molecule has 7 nitrogen and oxygen atoms in total. The molecule has 1 aromatic rings. The fourth-order valence-corrected chi connectivity index (χ4v) is 2.61. The van der Waals surface area contributed by atoms with Crippen molar-refractivity contribution in [1.82, 2.24) is 4.90 Å². The number of anilines is 1. The molecule has 0 saturated carbocycles. The van der Waals surface area contributed by atoms with Gasteiger partial charge in [0.25, 0.3) is 5.91 Å². The summed E-state index contributed by atoms with van der Waals surface area (Å²) in [6.45, 7) is -0.182. The maximum atomic E-state index is 12.4. The Bertz CT molecular complexity index is 771. The van der Waals surface area contributed by atoms with Gasteiger partial charge >= 0.3 is 5.97 Å². The highest BCUT2D eigenvalue weighted by Crippen LogP contribution is 2.33. The molecule has 126 valence electrons. The lowest BCUT2D eigenvalue weighted by atomic mass is 10.1. The molecule has 0 fully saturated rings. The highest BCUT2D eigenvalue weighted by Gasteiger charge is 2.34. The number of nitrogens with zero attached hydrogens (tertiary/aromatic N) is 2. The summed E-state index contributed by atoms with van der Waals surface area (Å²) >= 11 is 11.9. The number of methoxy groups -OCH3 is 1. The lowest BCUT2D eigenvalue weighted by Crippen LogP contribution is -2.31. The zero-order chi connectivity index (χ0) is 17.9. The van der Waals surface area contributed by atoms with Gasteiger partial charge in [0, 0.05) is 6.54 Å². The number of rotatable bonds is 5. The van der Waals surface area contributed by atoms with Gasteiger partial charge in [-0.2, -0.15) is 5.26 Å². The first-order valence-corrected chi connectivity index (χ1v) is 7.56. The number of benzene rings is 1. The van der Waals surface area contributed by atoms with E-state index in [1.165, 1.54) is 24.1 Å². The van der Waals surface area contributed by atoms with E-state index in [0.717, 1.165) is 0 Å². The van der Waals surface area contributed by atoms with Crippen molar-refractivity contribution in [3.8, 4) is 6.07 Å². The number of ether oxygens (including phenoxy) is 1. The van der Waals surface area contributed by atoms with Crippen LogP contribution in [0.15, 0.2) is 23.4 Å². The van der Waals surface area contributed by atoms with E-state index < -0.39 is 11.9 Å². The maximum Gasteiger partial charge on any atom is 0.337 e. The van der Waals surface area contributed by atoms with Crippen molar-refractivity contribution >= 4 is 40.8 Å². The molecule has 0 unspecified atom stereocenters. The third kappa shape index (κ3) is 3.31. The number of nitriles is 1. The van der Waals surface area contributed by atoms with E-state index in [0.29, 0.717) is 0 Å². The number of nitrogens with one attached hydrogen (secondary N) is 1. The number of amides is 1. The third-order valence-corrected chi connectivity index (χ3v) is 4.22. The van der Waals surface area contributed by atoms with Gasteiger partial charge < -0.3 is 20.1 Å². The van der Waals surface area contributed by atoms with Crippen LogP contribution in [-0.4, -0.2) is 48.7 Å². The number of aliphatic hydroxyl groups is 1. The van der Waals surface area contributed by atoms with Gasteiger partial charge in [-0.25, -0.2) is 4.79 Å². The van der Waals surface area contributed by atoms with Crippen LogP contribution in [0.3, 0.4) is 0 Å². The van der Waals surface area contributed by atoms with E-state index in [-0.39, 0.29) is 52.3 Å². The van der Waals surface area contributed by atoms with Crippen LogP contribution in [-0.2, 0) is 14.3 Å². The highest BCUT2D eigenvalue weighted by molar-refractivity contribution is 6.43. The summed E-state index contributed by atoms with van der Waals surface area (Å²) in [5, 5.41) is 21.3. The van der Waals surface area contributed by atoms with E-state index in [2.05, 4.69) is 10.1 Å². The molecule has 0 aliphatic carbocycles. The molecule has 1 aromatic carbocycles. The Balaban J connectivity index is 2.45. The Labute approximate surface area is 148 Å². The second kappa shape index (κ2) is 7.53. The number of halogens is 2. The summed E-state index contributed by atoms with van der Waals surface area (Å²) in [6, 6.07) is 4.86. The Kier molecular flexibility index (Phi) is 5.67. The van der Waals surface area contributed by atoms with Crippen LogP contribution in [0.25, 0.3) is 0 Å². The molecule has 1 aliphatic heterocycles. The first kappa shape index (κ1) is 18.1. The molecule has 1 heterocycles. The van der Waals surface area contributed by atoms with Gasteiger partial charge in [0.2, 0.25) is 0 Å². The fourth-order valence-electron chi connectivity index (χ4n) is 2.25. The molecule has 0 atom stereocenters. The smallest absolute Gasteiger partial charge is 0.337 e. The largest absolute Gasteiger partial charge is 0.466 e. The van der Waals surface area contributed by atoms with E-state index in [4.69, 9.17) is 28.3 Å². The molecule has 9 heteroatoms. The predicted octanol–water partition coefficient (Wildman–Crippen LogP) is 1.54. The maximum absolute atomic E-state index is 12.4. The summed E-state index contributed by atoms with van der Waals surface area (Å²) in [5.41, 5.74) is 0.368. The zero-order valence-corrected chi connectivity index (χ0v) is 14.1. The third-order valence-electron chi connectivity index (χ3n) is 3.42. The van der Waals surface area contributed by atoms with Crippen LogP contribution in [0.1, 0.15) is 5.56 Å². The first-order chi connectivity index (χ1) is 11.4. The standard InChI is InChI=1S/C15H13Cl2N3O4/c1-24-15(23)9-7-20(4-5-21)14(22)13(9)19-11-3-2-10(16)12(17)8(11)6-18/h2-3,19,21H,4-5,7H2,1H3. The lowest BCUT2D eigenvalue weighted by molar-refractivity contribution is -0.136. The van der Waals surface area contributed by atoms with Crippen LogP contribution < -0.4 is 5.32 Å². The molecule has 0 radical (unpaired) electrons. The number of hydrogen-bond acceptors (Lipinski definition) is 6. The van der Waals surface area contributed by atoms with Crippen molar-refractivity contribution in [2.75, 3.05) is 32.1 Å². The summed E-state index contributed by atoms with van der Waals surface area (Å²) in [6.07, 6.45) is 0. The summed E-state index contributed by atoms with van der Waals surface area (Å²) in [4.78, 5) is 25.6. The van der Waals surface area contributed by atoms with Crippen molar-refractivity contribution in [3.63, 3.8) is 0 Å². The van der Waals surface area contributed by atoms with Crippen molar-refractivity contribution in [1.29, 1.82) is 5.26 Å². The monoisotopic (exact) mass is 369 g/mol. The number of aliphatic hydroxyl groups excluding tert-OH is 1. The molecule has 24 heavy (non-hydrogen) atoms. The SMILES string of the molecule is COC(=O)C1=C(Nc2ccc(Cl)c(Cl)c2C#N)C(=O)N(CCO)C1. The number of carbonyl (C=O) groups excluding carboxylic acids is 2. The molecule has 2 rings (SSSR count). The Hall–Kier alpha value is -2.27. The zero-order valence-electron chi connectivity index (χ0n) is 12.6. The molecular formula is C15H13Cl2N3O4. The lowest BCUT2D eigenvalue weighted by Gasteiger charge is -2.15. The van der Waals surface area contributed by atoms with Gasteiger partial charge in [-0.3, -0.25) is 4.79 Å². The first-order valence-electron chi connectivity index (χ1n) is 6.81. The van der Waals surface area contributed by atoms with Crippen LogP contribution in [0.2, 0.25) is 10.0 Å². The minimum Gasteiger partial charge on any atom is -0.466 e. The van der Waals surface area contributed by atoms with E-state index in [9.17, 15) is 14.9 Å². The molecule has 0 spiro atoms. The van der Waals surface area contributed by atoms with Gasteiger partial charge in [-0.05, 0) is 12.1 Å². The second-order valence-electron chi connectivity index (χ2n) is 4.82. The van der Waals surface area contributed by atoms with Crippen molar-refractivity contribution < 1.29 is 19.4 Å². The topological polar surface area (TPSA) is 103 Å². The summed E-state index contributed by atoms with van der Waals surface area (Å²) in [5.74, 6) is -1.16. The highest BCUT2D eigenvalue weighted by atomic mass is 35.5. The fraction of sp³-hybridized carbons (Fsp3) is 0.267. The Morgan fingerprint density at radius 1 is 1.50 bits per heavy atom. The van der Waals surface area contributed by atoms with Crippen molar-refractivity contribution in [2.45, 2.75) is 0 Å². The van der Waals surface area contributed by atoms with Crippen LogP contribution >= 0.6 is 23.2 Å². The molecule has 0 aromatic heterocycles. The summed E-state index contributed by atoms with van der Waals surface area (Å²) < 4.78 is 4.69.